The van der Waals surface area contributed by atoms with Crippen LogP contribution in [0.2, 0.25) is 0 Å². The highest BCUT2D eigenvalue weighted by Gasteiger charge is 2.06. The Hall–Kier alpha value is -2.17. The number of anilines is 1. The van der Waals surface area contributed by atoms with Gasteiger partial charge in [0.05, 0.1) is 6.04 Å². The van der Waals surface area contributed by atoms with Crippen LogP contribution < -0.4 is 10.9 Å². The molecule has 0 unspecified atom stereocenters. The maximum absolute atomic E-state index is 11.4. The van der Waals surface area contributed by atoms with Crippen molar-refractivity contribution in [3.8, 4) is 0 Å². The monoisotopic (exact) mass is 230 g/mol. The molecule has 1 aromatic heterocycles. The van der Waals surface area contributed by atoms with E-state index in [1.807, 2.05) is 37.3 Å². The van der Waals surface area contributed by atoms with Crippen molar-refractivity contribution in [3.05, 3.63) is 51.9 Å². The van der Waals surface area contributed by atoms with E-state index in [9.17, 15) is 4.79 Å². The average Bonchev–Trinajstić information content (AvgIpc) is 2.35. The Morgan fingerprint density at radius 3 is 2.59 bits per heavy atom. The molecule has 0 spiro atoms. The van der Waals surface area contributed by atoms with Crippen molar-refractivity contribution in [2.75, 3.05) is 5.32 Å². The molecule has 2 N–H and O–H groups in total. The van der Waals surface area contributed by atoms with Gasteiger partial charge in [0.25, 0.3) is 5.56 Å². The number of aryl methyl sites for hydroxylation is 1. The van der Waals surface area contributed by atoms with Crippen LogP contribution >= 0.6 is 0 Å². The zero-order valence-corrected chi connectivity index (χ0v) is 9.77. The summed E-state index contributed by atoms with van der Waals surface area (Å²) in [6.45, 7) is 3.62. The highest BCUT2D eigenvalue weighted by atomic mass is 16.1. The fourth-order valence-electron chi connectivity index (χ4n) is 1.49. The lowest BCUT2D eigenvalue weighted by atomic mass is 10.1. The first kappa shape index (κ1) is 11.3. The van der Waals surface area contributed by atoms with Crippen molar-refractivity contribution in [3.63, 3.8) is 0 Å². The van der Waals surface area contributed by atoms with Gasteiger partial charge < -0.3 is 5.32 Å². The van der Waals surface area contributed by atoms with Crippen LogP contribution in [0.4, 0.5) is 5.95 Å². The van der Waals surface area contributed by atoms with Gasteiger partial charge in [0.15, 0.2) is 0 Å². The maximum Gasteiger partial charge on any atom is 0.273 e. The first-order valence-electron chi connectivity index (χ1n) is 5.42. The minimum atomic E-state index is -0.220. The molecule has 0 radical (unpaired) electrons. The fourth-order valence-corrected chi connectivity index (χ4v) is 1.49. The van der Waals surface area contributed by atoms with Crippen molar-refractivity contribution in [2.45, 2.75) is 19.9 Å². The molecule has 2 rings (SSSR count). The number of hydrogen-bond acceptors (Lipinski definition) is 4. The number of aromatic nitrogens is 3. The van der Waals surface area contributed by atoms with E-state index in [0.29, 0.717) is 11.6 Å². The van der Waals surface area contributed by atoms with Crippen LogP contribution in [-0.2, 0) is 0 Å². The first-order valence-corrected chi connectivity index (χ1v) is 5.42. The molecule has 0 fully saturated rings. The van der Waals surface area contributed by atoms with Crippen molar-refractivity contribution in [1.82, 2.24) is 15.2 Å². The van der Waals surface area contributed by atoms with Crippen molar-refractivity contribution in [1.29, 1.82) is 0 Å². The lowest BCUT2D eigenvalue weighted by Crippen LogP contribution is -2.18. The molecular formula is C12H14N4O. The van der Waals surface area contributed by atoms with Crippen molar-refractivity contribution < 1.29 is 0 Å². The Balaban J connectivity index is 2.16. The molecule has 5 nitrogen and oxygen atoms in total. The predicted molar refractivity (Wildman–Crippen MR) is 65.9 cm³/mol. The Morgan fingerprint density at radius 2 is 1.94 bits per heavy atom. The number of aromatic amines is 1. The minimum absolute atomic E-state index is 0.0591. The molecule has 0 bridgehead atoms. The molecule has 17 heavy (non-hydrogen) atoms. The highest BCUT2D eigenvalue weighted by molar-refractivity contribution is 5.30. The third-order valence-electron chi connectivity index (χ3n) is 2.51. The van der Waals surface area contributed by atoms with Gasteiger partial charge >= 0.3 is 0 Å². The molecule has 1 atom stereocenters. The van der Waals surface area contributed by atoms with E-state index in [2.05, 4.69) is 20.5 Å². The Morgan fingerprint density at radius 1 is 1.24 bits per heavy atom. The quantitative estimate of drug-likeness (QED) is 0.841. The van der Waals surface area contributed by atoms with Crippen LogP contribution in [0.3, 0.4) is 0 Å². The van der Waals surface area contributed by atoms with Gasteiger partial charge in [-0.25, -0.2) is 0 Å². The summed E-state index contributed by atoms with van der Waals surface area (Å²) in [5, 5.41) is 10.8. The van der Waals surface area contributed by atoms with E-state index in [4.69, 9.17) is 0 Å². The lowest BCUT2D eigenvalue weighted by molar-refractivity contribution is 0.821. The molecule has 0 aliphatic heterocycles. The topological polar surface area (TPSA) is 70.7 Å². The minimum Gasteiger partial charge on any atom is -0.348 e. The molecule has 5 heteroatoms. The van der Waals surface area contributed by atoms with Crippen LogP contribution in [0.1, 0.15) is 24.2 Å². The van der Waals surface area contributed by atoms with Gasteiger partial charge in [-0.05, 0) is 19.4 Å². The number of benzene rings is 1. The second-order valence-electron chi connectivity index (χ2n) is 3.86. The fraction of sp³-hybridized carbons (Fsp3) is 0.250. The number of H-pyrrole nitrogens is 1. The number of hydrogen-bond donors (Lipinski definition) is 2. The van der Waals surface area contributed by atoms with Crippen LogP contribution in [0, 0.1) is 6.92 Å². The smallest absolute Gasteiger partial charge is 0.273 e. The summed E-state index contributed by atoms with van der Waals surface area (Å²) < 4.78 is 0. The van der Waals surface area contributed by atoms with Crippen LogP contribution in [0.15, 0.2) is 35.1 Å². The van der Waals surface area contributed by atoms with Gasteiger partial charge in [-0.2, -0.15) is 0 Å². The van der Waals surface area contributed by atoms with Crippen LogP contribution in [0.5, 0.6) is 0 Å². The van der Waals surface area contributed by atoms with Crippen molar-refractivity contribution >= 4 is 5.95 Å². The third-order valence-corrected chi connectivity index (χ3v) is 2.51. The second-order valence-corrected chi connectivity index (χ2v) is 3.86. The molecule has 1 aromatic carbocycles. The van der Waals surface area contributed by atoms with E-state index in [1.54, 1.807) is 6.92 Å². The molecule has 2 aromatic rings. The molecule has 0 saturated heterocycles. The van der Waals surface area contributed by atoms with Gasteiger partial charge in [-0.3, -0.25) is 9.78 Å². The number of nitrogens with zero attached hydrogens (tertiary/aromatic N) is 2. The second kappa shape index (κ2) is 4.78. The third kappa shape index (κ3) is 2.69. The summed E-state index contributed by atoms with van der Waals surface area (Å²) in [5.41, 5.74) is 1.27. The maximum atomic E-state index is 11.4. The summed E-state index contributed by atoms with van der Waals surface area (Å²) in [4.78, 5) is 14.0. The van der Waals surface area contributed by atoms with E-state index in [0.717, 1.165) is 5.56 Å². The highest BCUT2D eigenvalue weighted by Crippen LogP contribution is 2.14. The molecular weight excluding hydrogens is 216 g/mol. The van der Waals surface area contributed by atoms with Gasteiger partial charge in [-0.1, -0.05) is 30.3 Å². The van der Waals surface area contributed by atoms with E-state index >= 15 is 0 Å². The molecule has 0 aliphatic carbocycles. The Kier molecular flexibility index (Phi) is 3.18. The van der Waals surface area contributed by atoms with Gasteiger partial charge in [0.2, 0.25) is 5.95 Å². The number of rotatable bonds is 3. The van der Waals surface area contributed by atoms with Gasteiger partial charge in [-0.15, -0.1) is 10.2 Å². The predicted octanol–water partition coefficient (Wildman–Crippen LogP) is 1.65. The Labute approximate surface area is 98.9 Å². The van der Waals surface area contributed by atoms with Crippen LogP contribution in [-0.4, -0.2) is 15.2 Å². The zero-order valence-electron chi connectivity index (χ0n) is 9.77. The molecule has 0 saturated carbocycles. The molecule has 1 heterocycles. The number of nitrogens with one attached hydrogen (secondary N) is 2. The standard InChI is InChI=1S/C12H14N4O/c1-8(10-6-4-3-5-7-10)13-12-14-11(17)9(2)15-16-12/h3-8H,1-2H3,(H2,13,14,16,17)/t8-/m0/s1. The summed E-state index contributed by atoms with van der Waals surface area (Å²) >= 11 is 0. The SMILES string of the molecule is Cc1nnc(N[C@@H](C)c2ccccc2)[nH]c1=O. The lowest BCUT2D eigenvalue weighted by Gasteiger charge is -2.13. The van der Waals surface area contributed by atoms with Crippen LogP contribution in [0.25, 0.3) is 0 Å². The normalized spacial score (nSPS) is 12.1. The molecule has 88 valence electrons. The Bertz CT molecular complexity index is 550. The van der Waals surface area contributed by atoms with Gasteiger partial charge in [0.1, 0.15) is 5.69 Å². The summed E-state index contributed by atoms with van der Waals surface area (Å²) in [7, 11) is 0. The zero-order chi connectivity index (χ0) is 12.3. The molecule has 0 amide bonds. The average molecular weight is 230 g/mol. The summed E-state index contributed by atoms with van der Waals surface area (Å²) in [6, 6.07) is 9.98. The van der Waals surface area contributed by atoms with E-state index < -0.39 is 0 Å². The summed E-state index contributed by atoms with van der Waals surface area (Å²) in [5.74, 6) is 0.386. The van der Waals surface area contributed by atoms with Gasteiger partial charge in [0, 0.05) is 0 Å². The summed E-state index contributed by atoms with van der Waals surface area (Å²) in [6.07, 6.45) is 0. The van der Waals surface area contributed by atoms with Crippen molar-refractivity contribution in [2.24, 2.45) is 0 Å². The van der Waals surface area contributed by atoms with E-state index in [-0.39, 0.29) is 11.6 Å². The van der Waals surface area contributed by atoms with E-state index in [1.165, 1.54) is 0 Å². The molecule has 0 aliphatic rings. The largest absolute Gasteiger partial charge is 0.348 e. The first-order chi connectivity index (χ1) is 8.16.